The number of para-hydroxylation sites is 2. The lowest BCUT2D eigenvalue weighted by Gasteiger charge is -2.32. The summed E-state index contributed by atoms with van der Waals surface area (Å²) in [6.07, 6.45) is -2.10. The molecule has 3 heterocycles. The highest BCUT2D eigenvalue weighted by atomic mass is 35.5. The number of aromatic amines is 2. The lowest BCUT2D eigenvalue weighted by Crippen LogP contribution is -2.51. The van der Waals surface area contributed by atoms with Crippen LogP contribution in [0.15, 0.2) is 52.1 Å². The van der Waals surface area contributed by atoms with E-state index >= 15 is 0 Å². The Morgan fingerprint density at radius 2 is 1.51 bits per heavy atom. The molecule has 2 unspecified atom stereocenters. The number of aromatic nitrogens is 4. The summed E-state index contributed by atoms with van der Waals surface area (Å²) in [4.78, 5) is 52.2. The van der Waals surface area contributed by atoms with Crippen LogP contribution in [0.4, 0.5) is 0 Å². The number of fused-ring (bicyclic) bond motifs is 2. The van der Waals surface area contributed by atoms with Crippen molar-refractivity contribution in [1.82, 2.24) is 24.0 Å². The first kappa shape index (κ1) is 33.6. The maximum absolute atomic E-state index is 12.5. The number of carboxylic acids is 2. The lowest BCUT2D eigenvalue weighted by atomic mass is 10.0. The van der Waals surface area contributed by atoms with Crippen molar-refractivity contribution in [1.29, 1.82) is 0 Å². The number of carbonyl (C=O) groups excluding carboxylic acids is 2. The van der Waals surface area contributed by atoms with Gasteiger partial charge < -0.3 is 50.0 Å². The number of rotatable bonds is 8. The van der Waals surface area contributed by atoms with E-state index in [4.69, 9.17) is 26.9 Å². The third-order valence-corrected chi connectivity index (χ3v) is 7.16. The smallest absolute Gasteiger partial charge is 0.326 e. The monoisotopic (exact) mass is 618 g/mol. The largest absolute Gasteiger partial charge is 0.855 e. The Morgan fingerprint density at radius 3 is 2.12 bits per heavy atom. The van der Waals surface area contributed by atoms with Crippen LogP contribution in [0.1, 0.15) is 32.2 Å². The molecule has 1 aliphatic rings. The highest BCUT2D eigenvalue weighted by Crippen LogP contribution is 2.26. The average Bonchev–Trinajstić information content (AvgIpc) is 3.47. The van der Waals surface area contributed by atoms with Gasteiger partial charge in [0, 0.05) is 30.7 Å². The van der Waals surface area contributed by atoms with E-state index in [0.717, 1.165) is 61.0 Å². The van der Waals surface area contributed by atoms with Gasteiger partial charge in [0.2, 0.25) is 0 Å². The number of carboxylic acid groups (broad SMARTS) is 2. The minimum atomic E-state index is -2.44. The zero-order valence-corrected chi connectivity index (χ0v) is 24.2. The molecular formula is C28H33ClN5O9-3. The first-order chi connectivity index (χ1) is 20.5. The summed E-state index contributed by atoms with van der Waals surface area (Å²) in [5, 5.41) is 45.3. The summed E-state index contributed by atoms with van der Waals surface area (Å²) in [6.45, 7) is 5.10. The molecule has 0 spiro atoms. The number of nitrogens with zero attached hydrogens (tertiary/aromatic N) is 3. The molecule has 0 amide bonds. The molecule has 5 rings (SSSR count). The van der Waals surface area contributed by atoms with Gasteiger partial charge in [-0.05, 0) is 56.1 Å². The highest BCUT2D eigenvalue weighted by Gasteiger charge is 2.23. The predicted molar refractivity (Wildman–Crippen MR) is 152 cm³/mol. The van der Waals surface area contributed by atoms with Crippen molar-refractivity contribution < 1.29 is 35.1 Å². The predicted octanol–water partition coefficient (Wildman–Crippen LogP) is -2.07. The quantitative estimate of drug-likeness (QED) is 0.169. The second-order valence-electron chi connectivity index (χ2n) is 9.80. The fraction of sp³-hybridized carbons (Fsp3) is 0.429. The summed E-state index contributed by atoms with van der Waals surface area (Å²) in [6, 6.07) is 13.5. The number of benzene rings is 2. The van der Waals surface area contributed by atoms with Crippen LogP contribution in [0, 0.1) is 0 Å². The van der Waals surface area contributed by atoms with Crippen LogP contribution >= 0.6 is 11.6 Å². The van der Waals surface area contributed by atoms with E-state index in [-0.39, 0.29) is 24.0 Å². The number of aliphatic hydroxyl groups is 2. The van der Waals surface area contributed by atoms with E-state index in [1.807, 2.05) is 45.5 Å². The first-order valence-electron chi connectivity index (χ1n) is 13.6. The number of hydrogen-bond donors (Lipinski definition) is 4. The van der Waals surface area contributed by atoms with Gasteiger partial charge in [-0.2, -0.15) is 0 Å². The van der Waals surface area contributed by atoms with Gasteiger partial charge in [-0.15, -0.1) is 6.61 Å². The Morgan fingerprint density at radius 1 is 0.930 bits per heavy atom. The third kappa shape index (κ3) is 8.55. The standard InChI is InChI=1S/C22H24ClN5O2.C4H6O6.C2H5O/c23-15-6-7-20-18(14-15)25-22(30)28(20)16-8-12-26(13-9-16)10-3-11-27-19-5-2-1-4-17(19)24-21(27)29;5-1(3(7)8)2(6)4(9)10;1-2-3/h1-2,4-7,14,16H,3,8-13H2,(H,24,29)(H,25,30);1-2,5-6H,(H,7,8)(H,9,10);2H2,1H3/q;;-1/p-2. The normalized spacial score (nSPS) is 15.3. The van der Waals surface area contributed by atoms with Crippen molar-refractivity contribution >= 4 is 45.6 Å². The average molecular weight is 619 g/mol. The maximum Gasteiger partial charge on any atom is 0.326 e. The molecule has 4 aromatic rings. The van der Waals surface area contributed by atoms with Crippen molar-refractivity contribution in [2.75, 3.05) is 26.2 Å². The molecular weight excluding hydrogens is 586 g/mol. The van der Waals surface area contributed by atoms with Crippen LogP contribution in [0.3, 0.4) is 0 Å². The van der Waals surface area contributed by atoms with Gasteiger partial charge in [-0.3, -0.25) is 9.13 Å². The molecule has 1 aliphatic heterocycles. The minimum absolute atomic E-state index is 0. The van der Waals surface area contributed by atoms with Crippen LogP contribution in [0.25, 0.3) is 22.1 Å². The number of aliphatic carboxylic acids is 2. The zero-order chi connectivity index (χ0) is 31.7. The summed E-state index contributed by atoms with van der Waals surface area (Å²) in [5.74, 6) is -4.12. The fourth-order valence-corrected chi connectivity index (χ4v) is 5.08. The number of aliphatic hydroxyl groups excluding tert-OH is 2. The van der Waals surface area contributed by atoms with Crippen LogP contribution in [0.5, 0.6) is 0 Å². The van der Waals surface area contributed by atoms with Gasteiger partial charge in [0.1, 0.15) is 12.2 Å². The van der Waals surface area contributed by atoms with Gasteiger partial charge in [-0.1, -0.05) is 30.7 Å². The van der Waals surface area contributed by atoms with E-state index < -0.39 is 24.1 Å². The second-order valence-corrected chi connectivity index (χ2v) is 10.2. The number of halogens is 1. The summed E-state index contributed by atoms with van der Waals surface area (Å²) in [7, 11) is 0. The molecule has 1 saturated heterocycles. The number of hydrogen-bond acceptors (Lipinski definition) is 10. The van der Waals surface area contributed by atoms with E-state index in [9.17, 15) is 29.4 Å². The van der Waals surface area contributed by atoms with Gasteiger partial charge in [0.05, 0.1) is 34.0 Å². The molecule has 2 aromatic heterocycles. The van der Waals surface area contributed by atoms with Crippen LogP contribution in [-0.4, -0.2) is 84.6 Å². The highest BCUT2D eigenvalue weighted by molar-refractivity contribution is 6.31. The summed E-state index contributed by atoms with van der Waals surface area (Å²) < 4.78 is 3.70. The minimum Gasteiger partial charge on any atom is -0.855 e. The molecule has 4 N–H and O–H groups in total. The number of carbonyl (C=O) groups is 2. The zero-order valence-electron chi connectivity index (χ0n) is 23.4. The molecule has 15 heteroatoms. The first-order valence-corrected chi connectivity index (χ1v) is 14.0. The van der Waals surface area contributed by atoms with E-state index in [1.54, 1.807) is 13.0 Å². The summed E-state index contributed by atoms with van der Waals surface area (Å²) >= 11 is 6.05. The van der Waals surface area contributed by atoms with Crippen molar-refractivity contribution in [3.05, 3.63) is 68.5 Å². The number of nitrogens with one attached hydrogen (secondary N) is 2. The van der Waals surface area contributed by atoms with E-state index in [0.29, 0.717) is 11.6 Å². The van der Waals surface area contributed by atoms with E-state index in [1.165, 1.54) is 0 Å². The number of imidazole rings is 2. The number of H-pyrrole nitrogens is 2. The van der Waals surface area contributed by atoms with Crippen molar-refractivity contribution in [2.24, 2.45) is 0 Å². The van der Waals surface area contributed by atoms with Gasteiger partial charge in [-0.25, -0.2) is 9.59 Å². The van der Waals surface area contributed by atoms with Crippen LogP contribution in [-0.2, 0) is 16.1 Å². The molecule has 1 fully saturated rings. The molecule has 0 saturated carbocycles. The van der Waals surface area contributed by atoms with Crippen LogP contribution < -0.4 is 26.7 Å². The van der Waals surface area contributed by atoms with Crippen molar-refractivity contribution in [3.8, 4) is 0 Å². The molecule has 0 bridgehead atoms. The Labute approximate surface area is 250 Å². The van der Waals surface area contributed by atoms with Gasteiger partial charge >= 0.3 is 11.4 Å². The number of likely N-dealkylation sites (tertiary alicyclic amines) is 1. The summed E-state index contributed by atoms with van der Waals surface area (Å²) in [5.41, 5.74) is 3.44. The third-order valence-electron chi connectivity index (χ3n) is 6.92. The molecule has 2 atom stereocenters. The van der Waals surface area contributed by atoms with E-state index in [2.05, 4.69) is 14.9 Å². The van der Waals surface area contributed by atoms with Gasteiger partial charge in [0.15, 0.2) is 0 Å². The van der Waals surface area contributed by atoms with Crippen molar-refractivity contribution in [3.63, 3.8) is 0 Å². The van der Waals surface area contributed by atoms with Gasteiger partial charge in [0.25, 0.3) is 0 Å². The Kier molecular flexibility index (Phi) is 12.1. The Hall–Kier alpha value is -3.95. The Bertz CT molecular complexity index is 1620. The van der Waals surface area contributed by atoms with Crippen molar-refractivity contribution in [2.45, 2.75) is 51.0 Å². The lowest BCUT2D eigenvalue weighted by molar-refractivity contribution is -0.361. The Balaban J connectivity index is 0.000000331. The fourth-order valence-electron chi connectivity index (χ4n) is 4.91. The molecule has 2 aromatic carbocycles. The molecule has 0 aliphatic carbocycles. The van der Waals surface area contributed by atoms with Crippen LogP contribution in [0.2, 0.25) is 5.02 Å². The molecule has 0 radical (unpaired) electrons. The molecule has 234 valence electrons. The SMILES string of the molecule is CC[O-].O=C([O-])C(O)C(O)C(=O)[O-].O=c1[nH]c2ccccc2n1CCCN1CCC(n2c(=O)[nH]c3cc(Cl)ccc32)CC1. The maximum atomic E-state index is 12.5. The number of piperidine rings is 1. The molecule has 43 heavy (non-hydrogen) atoms. The topological polar surface area (TPSA) is 223 Å². The second kappa shape index (κ2) is 15.5. The molecule has 14 nitrogen and oxygen atoms in total. The number of aryl methyl sites for hydroxylation is 1.